The van der Waals surface area contributed by atoms with Crippen molar-refractivity contribution in [2.45, 2.75) is 26.1 Å². The van der Waals surface area contributed by atoms with Crippen molar-refractivity contribution in [3.05, 3.63) is 144 Å². The minimum atomic E-state index is -0.508. The molecule has 2 unspecified atom stereocenters. The smallest absolute Gasteiger partial charge is 0.325 e. The van der Waals surface area contributed by atoms with Gasteiger partial charge in [-0.3, -0.25) is 19.2 Å². The molecule has 48 heavy (non-hydrogen) atoms. The van der Waals surface area contributed by atoms with Gasteiger partial charge in [-0.2, -0.15) is 0 Å². The zero-order valence-electron chi connectivity index (χ0n) is 26.6. The average Bonchev–Trinajstić information content (AvgIpc) is 3.13. The van der Waals surface area contributed by atoms with Crippen LogP contribution in [0.2, 0.25) is 0 Å². The highest BCUT2D eigenvalue weighted by Crippen LogP contribution is 2.29. The van der Waals surface area contributed by atoms with Gasteiger partial charge in [0.15, 0.2) is 0 Å². The minimum Gasteiger partial charge on any atom is -0.460 e. The highest BCUT2D eigenvalue weighted by Gasteiger charge is 2.23. The monoisotopic (exact) mass is 684 g/mol. The molecule has 2 atom stereocenters. The Morgan fingerprint density at radius 1 is 0.479 bits per heavy atom. The molecule has 10 heteroatoms. The maximum absolute atomic E-state index is 13.2. The second-order valence-corrected chi connectivity index (χ2v) is 13.6. The SMILES string of the molecule is O=C(CNC(=O)C(CSSCC(Cc1ccccc1)C(=O)NCC(=O)OCc1ccccc1)Cc1ccccc1)OCc1ccccc1. The number of benzene rings is 4. The molecule has 0 heterocycles. The standard InChI is InChI=1S/C38H40N2O6S2/c41-35(45-25-31-17-9-3-10-18-31)23-39-37(43)33(21-29-13-5-1-6-14-29)27-47-48-28-34(22-30-15-7-2-8-16-30)38(44)40-24-36(42)46-26-32-19-11-4-12-20-32/h1-20,33-34H,21-28H2,(H,39,43)(H,40,44). The van der Waals surface area contributed by atoms with E-state index in [-0.39, 0.29) is 38.1 Å². The average molecular weight is 685 g/mol. The molecule has 0 aliphatic rings. The quantitative estimate of drug-likeness (QED) is 0.0725. The van der Waals surface area contributed by atoms with Gasteiger partial charge in [0, 0.05) is 11.5 Å². The Morgan fingerprint density at radius 2 is 0.792 bits per heavy atom. The molecule has 2 N–H and O–H groups in total. The summed E-state index contributed by atoms with van der Waals surface area (Å²) >= 11 is 0. The van der Waals surface area contributed by atoms with Crippen LogP contribution in [-0.2, 0) is 54.7 Å². The van der Waals surface area contributed by atoms with Gasteiger partial charge < -0.3 is 20.1 Å². The van der Waals surface area contributed by atoms with Crippen molar-refractivity contribution in [3.63, 3.8) is 0 Å². The topological polar surface area (TPSA) is 111 Å². The molecule has 0 saturated heterocycles. The largest absolute Gasteiger partial charge is 0.460 e. The van der Waals surface area contributed by atoms with E-state index in [2.05, 4.69) is 10.6 Å². The van der Waals surface area contributed by atoms with E-state index >= 15 is 0 Å². The second kappa shape index (κ2) is 20.6. The van der Waals surface area contributed by atoms with E-state index in [1.54, 1.807) is 0 Å². The van der Waals surface area contributed by atoms with Gasteiger partial charge in [0.05, 0.1) is 11.8 Å². The lowest BCUT2D eigenvalue weighted by Gasteiger charge is -2.19. The van der Waals surface area contributed by atoms with Crippen LogP contribution in [0.1, 0.15) is 22.3 Å². The van der Waals surface area contributed by atoms with Crippen molar-refractivity contribution in [1.29, 1.82) is 0 Å². The second-order valence-electron chi connectivity index (χ2n) is 11.1. The van der Waals surface area contributed by atoms with Crippen LogP contribution in [-0.4, -0.2) is 48.3 Å². The van der Waals surface area contributed by atoms with Crippen LogP contribution < -0.4 is 10.6 Å². The first-order valence-electron chi connectivity index (χ1n) is 15.7. The normalized spacial score (nSPS) is 11.9. The molecule has 0 spiro atoms. The van der Waals surface area contributed by atoms with Gasteiger partial charge >= 0.3 is 11.9 Å². The van der Waals surface area contributed by atoms with E-state index in [4.69, 9.17) is 9.47 Å². The Morgan fingerprint density at radius 3 is 1.12 bits per heavy atom. The Labute approximate surface area is 289 Å². The number of hydrogen-bond acceptors (Lipinski definition) is 8. The first-order chi connectivity index (χ1) is 23.5. The summed E-state index contributed by atoms with van der Waals surface area (Å²) in [6.07, 6.45) is 0.997. The summed E-state index contributed by atoms with van der Waals surface area (Å²) in [6.45, 7) is -0.159. The van der Waals surface area contributed by atoms with Crippen molar-refractivity contribution >= 4 is 45.3 Å². The fourth-order valence-corrected chi connectivity index (χ4v) is 7.32. The van der Waals surface area contributed by atoms with Crippen LogP contribution in [0, 0.1) is 11.8 Å². The van der Waals surface area contributed by atoms with E-state index in [0.717, 1.165) is 22.3 Å². The molecular weight excluding hydrogens is 645 g/mol. The third kappa shape index (κ3) is 13.7. The molecule has 0 saturated carbocycles. The lowest BCUT2D eigenvalue weighted by Crippen LogP contribution is -2.37. The fraction of sp³-hybridized carbons (Fsp3) is 0.263. The fourth-order valence-electron chi connectivity index (χ4n) is 4.70. The molecule has 250 valence electrons. The molecule has 0 fully saturated rings. The predicted molar refractivity (Wildman–Crippen MR) is 191 cm³/mol. The molecule has 0 aliphatic carbocycles. The van der Waals surface area contributed by atoms with Crippen molar-refractivity contribution in [2.24, 2.45) is 11.8 Å². The number of esters is 2. The Bertz CT molecular complexity index is 1440. The summed E-state index contributed by atoms with van der Waals surface area (Å²) in [7, 11) is 3.01. The predicted octanol–water partition coefficient (Wildman–Crippen LogP) is 5.80. The first kappa shape index (κ1) is 36.3. The van der Waals surface area contributed by atoms with Crippen molar-refractivity contribution in [2.75, 3.05) is 24.6 Å². The molecule has 4 rings (SSSR count). The zero-order chi connectivity index (χ0) is 33.8. The summed E-state index contributed by atoms with van der Waals surface area (Å²) in [6, 6.07) is 38.2. The Kier molecular flexibility index (Phi) is 15.6. The highest BCUT2D eigenvalue weighted by molar-refractivity contribution is 8.76. The molecule has 0 aliphatic heterocycles. The van der Waals surface area contributed by atoms with Crippen LogP contribution in [0.15, 0.2) is 121 Å². The molecule has 0 radical (unpaired) electrons. The number of ether oxygens (including phenoxy) is 2. The van der Waals surface area contributed by atoms with Gasteiger partial charge in [-0.15, -0.1) is 0 Å². The third-order valence-electron chi connectivity index (χ3n) is 7.31. The summed E-state index contributed by atoms with van der Waals surface area (Å²) < 4.78 is 10.6. The molecule has 0 bridgehead atoms. The summed E-state index contributed by atoms with van der Waals surface area (Å²) in [5, 5.41) is 5.49. The van der Waals surface area contributed by atoms with E-state index in [9.17, 15) is 19.2 Å². The van der Waals surface area contributed by atoms with Crippen LogP contribution >= 0.6 is 21.6 Å². The number of rotatable bonds is 19. The summed E-state index contributed by atoms with van der Waals surface area (Å²) in [5.41, 5.74) is 3.76. The van der Waals surface area contributed by atoms with Crippen molar-refractivity contribution in [1.82, 2.24) is 10.6 Å². The van der Waals surface area contributed by atoms with Crippen LogP contribution in [0.4, 0.5) is 0 Å². The molecule has 0 aromatic heterocycles. The van der Waals surface area contributed by atoms with E-state index < -0.39 is 23.8 Å². The maximum Gasteiger partial charge on any atom is 0.325 e. The summed E-state index contributed by atoms with van der Waals surface area (Å²) in [5.74, 6) is -1.38. The van der Waals surface area contributed by atoms with Gasteiger partial charge in [0.2, 0.25) is 11.8 Å². The molecule has 2 amide bonds. The van der Waals surface area contributed by atoms with Crippen LogP contribution in [0.3, 0.4) is 0 Å². The molecule has 4 aromatic carbocycles. The Hall–Kier alpha value is -4.54. The van der Waals surface area contributed by atoms with E-state index in [1.165, 1.54) is 21.6 Å². The number of hydrogen-bond donors (Lipinski definition) is 2. The van der Waals surface area contributed by atoms with Crippen molar-refractivity contribution < 1.29 is 28.7 Å². The maximum atomic E-state index is 13.2. The number of carbonyl (C=O) groups is 4. The lowest BCUT2D eigenvalue weighted by atomic mass is 10.0. The van der Waals surface area contributed by atoms with Gasteiger partial charge in [-0.05, 0) is 35.1 Å². The van der Waals surface area contributed by atoms with E-state index in [0.29, 0.717) is 24.3 Å². The number of carbonyl (C=O) groups excluding carboxylic acids is 4. The molecule has 4 aromatic rings. The summed E-state index contributed by atoms with van der Waals surface area (Å²) in [4.78, 5) is 51.2. The zero-order valence-corrected chi connectivity index (χ0v) is 28.3. The third-order valence-corrected chi connectivity index (χ3v) is 9.87. The number of nitrogens with one attached hydrogen (secondary N) is 2. The highest BCUT2D eigenvalue weighted by atomic mass is 33.1. The molecule has 8 nitrogen and oxygen atoms in total. The van der Waals surface area contributed by atoms with E-state index in [1.807, 2.05) is 121 Å². The van der Waals surface area contributed by atoms with Gasteiger partial charge in [-0.1, -0.05) is 143 Å². The number of amides is 2. The van der Waals surface area contributed by atoms with Gasteiger partial charge in [-0.25, -0.2) is 0 Å². The lowest BCUT2D eigenvalue weighted by molar-refractivity contribution is -0.145. The van der Waals surface area contributed by atoms with Crippen LogP contribution in [0.5, 0.6) is 0 Å². The van der Waals surface area contributed by atoms with Crippen molar-refractivity contribution in [3.8, 4) is 0 Å². The van der Waals surface area contributed by atoms with Gasteiger partial charge in [0.25, 0.3) is 0 Å². The Balaban J connectivity index is 1.28. The van der Waals surface area contributed by atoms with Gasteiger partial charge in [0.1, 0.15) is 26.3 Å². The minimum absolute atomic E-state index is 0.141. The van der Waals surface area contributed by atoms with Crippen LogP contribution in [0.25, 0.3) is 0 Å². The first-order valence-corrected chi connectivity index (χ1v) is 18.2. The molecular formula is C38H40N2O6S2.